The van der Waals surface area contributed by atoms with E-state index in [1.54, 1.807) is 6.08 Å². The van der Waals surface area contributed by atoms with E-state index in [0.717, 1.165) is 25.7 Å². The van der Waals surface area contributed by atoms with Gasteiger partial charge in [-0.25, -0.2) is 4.79 Å². The highest BCUT2D eigenvalue weighted by molar-refractivity contribution is 5.83. The van der Waals surface area contributed by atoms with Crippen molar-refractivity contribution >= 4 is 11.9 Å². The molecule has 4 heteroatoms. The van der Waals surface area contributed by atoms with Crippen LogP contribution in [0.15, 0.2) is 12.2 Å². The number of carbonyl (C=O) groups is 2. The molecule has 1 N–H and O–H groups in total. The van der Waals surface area contributed by atoms with Crippen LogP contribution in [0.4, 0.5) is 0 Å². The lowest BCUT2D eigenvalue weighted by Crippen LogP contribution is -2.19. The van der Waals surface area contributed by atoms with Crippen molar-refractivity contribution in [3.8, 4) is 0 Å². The molecule has 0 unspecified atom stereocenters. The Bertz CT molecular complexity index is 391. The van der Waals surface area contributed by atoms with Crippen molar-refractivity contribution < 1.29 is 19.4 Å². The first-order valence-electron chi connectivity index (χ1n) is 7.04. The van der Waals surface area contributed by atoms with Crippen LogP contribution in [-0.4, -0.2) is 23.1 Å². The highest BCUT2D eigenvalue weighted by atomic mass is 16.5. The number of aliphatic carboxylic acids is 1. The summed E-state index contributed by atoms with van der Waals surface area (Å²) in [4.78, 5) is 22.7. The Kier molecular flexibility index (Phi) is 3.97. The normalized spacial score (nSPS) is 30.2. The highest BCUT2D eigenvalue weighted by Crippen LogP contribution is 2.59. The largest absolute Gasteiger partial charge is 0.481 e. The van der Waals surface area contributed by atoms with Crippen molar-refractivity contribution in [1.29, 1.82) is 0 Å². The summed E-state index contributed by atoms with van der Waals surface area (Å²) in [6.45, 7) is 3.82. The number of hydrogen-bond acceptors (Lipinski definition) is 3. The number of carboxylic acids is 1. The molecule has 0 spiro atoms. The van der Waals surface area contributed by atoms with E-state index in [0.29, 0.717) is 0 Å². The molecular weight excluding hydrogens is 244 g/mol. The quantitative estimate of drug-likeness (QED) is 0.627. The lowest BCUT2D eigenvalue weighted by atomic mass is 9.98. The Morgan fingerprint density at radius 3 is 2.37 bits per heavy atom. The average molecular weight is 266 g/mol. The molecule has 0 aromatic heterocycles. The summed E-state index contributed by atoms with van der Waals surface area (Å²) in [5.41, 5.74) is -0.256. The second kappa shape index (κ2) is 5.35. The van der Waals surface area contributed by atoms with Gasteiger partial charge in [0.15, 0.2) is 0 Å². The zero-order valence-corrected chi connectivity index (χ0v) is 11.6. The van der Waals surface area contributed by atoms with Crippen LogP contribution >= 0.6 is 0 Å². The number of carbonyl (C=O) groups excluding carboxylic acids is 1. The van der Waals surface area contributed by atoms with Crippen LogP contribution in [0.25, 0.3) is 0 Å². The summed E-state index contributed by atoms with van der Waals surface area (Å²) in [5, 5.41) is 9.04. The monoisotopic (exact) mass is 266 g/mol. The molecule has 0 aliphatic heterocycles. The molecule has 0 aromatic rings. The highest BCUT2D eigenvalue weighted by Gasteiger charge is 2.60. The number of hydrogen-bond donors (Lipinski definition) is 1. The molecule has 0 aromatic carbocycles. The molecule has 2 fully saturated rings. The lowest BCUT2D eigenvalue weighted by Gasteiger charge is -2.20. The number of allylic oxidation sites excluding steroid dienone is 1. The summed E-state index contributed by atoms with van der Waals surface area (Å²) in [6, 6.07) is 0. The molecule has 0 radical (unpaired) electrons. The zero-order valence-electron chi connectivity index (χ0n) is 11.6. The van der Waals surface area contributed by atoms with Crippen molar-refractivity contribution in [1.82, 2.24) is 0 Å². The van der Waals surface area contributed by atoms with Crippen molar-refractivity contribution in [3.63, 3.8) is 0 Å². The summed E-state index contributed by atoms with van der Waals surface area (Å²) < 4.78 is 5.36. The standard InChI is InChI=1S/C15H22O4/c1-15(2)11(13(15)14(17)18)8-9-12(16)19-10-6-4-3-5-7-10/h8-11,13H,3-7H2,1-2H3,(H,17,18)/t11-,13-/m0/s1. The number of carboxylic acid groups (broad SMARTS) is 1. The van der Waals surface area contributed by atoms with Gasteiger partial charge in [-0.1, -0.05) is 26.3 Å². The molecule has 0 saturated heterocycles. The van der Waals surface area contributed by atoms with E-state index < -0.39 is 5.97 Å². The summed E-state index contributed by atoms with van der Waals surface area (Å²) >= 11 is 0. The first-order valence-corrected chi connectivity index (χ1v) is 7.04. The van der Waals surface area contributed by atoms with Crippen LogP contribution < -0.4 is 0 Å². The molecule has 2 aliphatic rings. The second-order valence-electron chi connectivity index (χ2n) is 6.22. The molecule has 19 heavy (non-hydrogen) atoms. The molecule has 2 saturated carbocycles. The predicted octanol–water partition coefficient (Wildman–Crippen LogP) is 2.78. The van der Waals surface area contributed by atoms with Gasteiger partial charge in [-0.3, -0.25) is 4.79 Å². The summed E-state index contributed by atoms with van der Waals surface area (Å²) in [5.74, 6) is -1.57. The van der Waals surface area contributed by atoms with Crippen molar-refractivity contribution in [2.45, 2.75) is 52.1 Å². The fourth-order valence-corrected chi connectivity index (χ4v) is 3.08. The Morgan fingerprint density at radius 1 is 1.21 bits per heavy atom. The van der Waals surface area contributed by atoms with Gasteiger partial charge in [0.05, 0.1) is 5.92 Å². The average Bonchev–Trinajstić information content (AvgIpc) is 2.90. The Labute approximate surface area is 113 Å². The van der Waals surface area contributed by atoms with Crippen LogP contribution in [0.3, 0.4) is 0 Å². The second-order valence-corrected chi connectivity index (χ2v) is 6.22. The van der Waals surface area contributed by atoms with Crippen molar-refractivity contribution in [3.05, 3.63) is 12.2 Å². The third kappa shape index (κ3) is 3.17. The van der Waals surface area contributed by atoms with Gasteiger partial charge in [0.25, 0.3) is 0 Å². The van der Waals surface area contributed by atoms with Crippen LogP contribution in [0.1, 0.15) is 46.0 Å². The fraction of sp³-hybridized carbons (Fsp3) is 0.733. The minimum atomic E-state index is -0.791. The van der Waals surface area contributed by atoms with E-state index in [9.17, 15) is 9.59 Å². The van der Waals surface area contributed by atoms with E-state index in [1.165, 1.54) is 12.5 Å². The summed E-state index contributed by atoms with van der Waals surface area (Å²) in [6.07, 6.45) is 8.53. The van der Waals surface area contributed by atoms with Crippen molar-refractivity contribution in [2.24, 2.45) is 17.3 Å². The predicted molar refractivity (Wildman–Crippen MR) is 70.5 cm³/mol. The van der Waals surface area contributed by atoms with Crippen LogP contribution in [-0.2, 0) is 14.3 Å². The molecule has 0 heterocycles. The van der Waals surface area contributed by atoms with Gasteiger partial charge in [-0.05, 0) is 37.0 Å². The van der Waals surface area contributed by atoms with Gasteiger partial charge < -0.3 is 9.84 Å². The third-order valence-electron chi connectivity index (χ3n) is 4.45. The van der Waals surface area contributed by atoms with Crippen LogP contribution in [0.2, 0.25) is 0 Å². The number of esters is 1. The molecular formula is C15H22O4. The molecule has 2 rings (SSSR count). The maximum Gasteiger partial charge on any atom is 0.330 e. The molecule has 0 amide bonds. The first kappa shape index (κ1) is 14.1. The molecule has 106 valence electrons. The minimum absolute atomic E-state index is 0.0494. The van der Waals surface area contributed by atoms with E-state index >= 15 is 0 Å². The van der Waals surface area contributed by atoms with Gasteiger partial charge in [0.2, 0.25) is 0 Å². The SMILES string of the molecule is CC1(C)[C@H](C(=O)O)[C@@H]1C=CC(=O)OC1CCCCC1. The lowest BCUT2D eigenvalue weighted by molar-refractivity contribution is -0.144. The Hall–Kier alpha value is -1.32. The fourth-order valence-electron chi connectivity index (χ4n) is 3.08. The Balaban J connectivity index is 1.82. The van der Waals surface area contributed by atoms with E-state index in [-0.39, 0.29) is 29.3 Å². The van der Waals surface area contributed by atoms with Crippen molar-refractivity contribution in [2.75, 3.05) is 0 Å². The van der Waals surface area contributed by atoms with Gasteiger partial charge >= 0.3 is 11.9 Å². The van der Waals surface area contributed by atoms with E-state index in [2.05, 4.69) is 0 Å². The smallest absolute Gasteiger partial charge is 0.330 e. The maximum absolute atomic E-state index is 11.7. The van der Waals surface area contributed by atoms with Gasteiger partial charge in [-0.2, -0.15) is 0 Å². The van der Waals surface area contributed by atoms with Gasteiger partial charge in [0.1, 0.15) is 6.10 Å². The zero-order chi connectivity index (χ0) is 14.0. The first-order chi connectivity index (χ1) is 8.93. The topological polar surface area (TPSA) is 63.6 Å². The number of ether oxygens (including phenoxy) is 1. The Morgan fingerprint density at radius 2 is 1.84 bits per heavy atom. The number of rotatable bonds is 4. The van der Waals surface area contributed by atoms with Crippen LogP contribution in [0.5, 0.6) is 0 Å². The molecule has 2 atom stereocenters. The minimum Gasteiger partial charge on any atom is -0.481 e. The van der Waals surface area contributed by atoms with Gasteiger partial charge in [-0.15, -0.1) is 0 Å². The summed E-state index contributed by atoms with van der Waals surface area (Å²) in [7, 11) is 0. The van der Waals surface area contributed by atoms with E-state index in [4.69, 9.17) is 9.84 Å². The third-order valence-corrected chi connectivity index (χ3v) is 4.45. The van der Waals surface area contributed by atoms with Crippen LogP contribution in [0, 0.1) is 17.3 Å². The maximum atomic E-state index is 11.7. The van der Waals surface area contributed by atoms with Gasteiger partial charge in [0, 0.05) is 6.08 Å². The molecule has 4 nitrogen and oxygen atoms in total. The molecule has 0 bridgehead atoms. The molecule has 2 aliphatic carbocycles. The van der Waals surface area contributed by atoms with E-state index in [1.807, 2.05) is 13.8 Å².